The Morgan fingerprint density at radius 3 is 2.50 bits per heavy atom. The summed E-state index contributed by atoms with van der Waals surface area (Å²) in [6, 6.07) is 5.01. The van der Waals surface area contributed by atoms with E-state index in [1.54, 1.807) is 18.2 Å². The topological polar surface area (TPSA) is 78.3 Å². The number of amides is 1. The van der Waals surface area contributed by atoms with Gasteiger partial charge in [-0.3, -0.25) is 4.79 Å². The molecule has 0 saturated heterocycles. The summed E-state index contributed by atoms with van der Waals surface area (Å²) in [5, 5.41) is 0. The maximum Gasteiger partial charge on any atom is 0.252 e. The van der Waals surface area contributed by atoms with Crippen LogP contribution in [0.3, 0.4) is 0 Å². The molecular weight excluding hydrogens is 204 g/mol. The molecule has 0 bridgehead atoms. The predicted octanol–water partition coefficient (Wildman–Crippen LogP) is 1.94. The normalized spacial score (nSPS) is 10.4. The van der Waals surface area contributed by atoms with Gasteiger partial charge in [-0.25, -0.2) is 0 Å². The van der Waals surface area contributed by atoms with E-state index in [-0.39, 0.29) is 6.10 Å². The number of hydrogen-bond donors (Lipinski definition) is 2. The zero-order chi connectivity index (χ0) is 12.1. The molecule has 0 atom stereocenters. The van der Waals surface area contributed by atoms with E-state index in [1.165, 1.54) is 0 Å². The highest BCUT2D eigenvalue weighted by Gasteiger charge is 2.15. The molecule has 4 nitrogen and oxygen atoms in total. The molecule has 88 valence electrons. The minimum absolute atomic E-state index is 0.0581. The van der Waals surface area contributed by atoms with E-state index in [0.717, 1.165) is 12.8 Å². The lowest BCUT2D eigenvalue weighted by atomic mass is 10.1. The molecule has 4 heteroatoms. The van der Waals surface area contributed by atoms with Crippen LogP contribution in [0.25, 0.3) is 0 Å². The summed E-state index contributed by atoms with van der Waals surface area (Å²) in [6.45, 7) is 4.05. The van der Waals surface area contributed by atoms with Gasteiger partial charge in [0, 0.05) is 0 Å². The van der Waals surface area contributed by atoms with Crippen LogP contribution in [0.2, 0.25) is 0 Å². The average Bonchev–Trinajstić information content (AvgIpc) is 2.27. The monoisotopic (exact) mass is 222 g/mol. The molecule has 0 aliphatic rings. The number of ether oxygens (including phenoxy) is 1. The number of nitrogens with two attached hydrogens (primary N) is 2. The van der Waals surface area contributed by atoms with E-state index < -0.39 is 5.91 Å². The Balaban J connectivity index is 3.05. The molecule has 1 aromatic rings. The number of carbonyl (C=O) groups excluding carboxylic acids is 1. The van der Waals surface area contributed by atoms with Gasteiger partial charge >= 0.3 is 0 Å². The maximum atomic E-state index is 11.2. The van der Waals surface area contributed by atoms with Gasteiger partial charge in [0.25, 0.3) is 5.91 Å². The first-order valence-corrected chi connectivity index (χ1v) is 5.45. The standard InChI is InChI=1S/C12H18N2O2/c1-3-8(4-2)16-11-9(12(14)15)6-5-7-10(11)13/h5-8H,3-4,13H2,1-2H3,(H2,14,15). The third-order valence-corrected chi connectivity index (χ3v) is 2.51. The smallest absolute Gasteiger partial charge is 0.252 e. The number of para-hydroxylation sites is 1. The van der Waals surface area contributed by atoms with Crippen LogP contribution in [0, 0.1) is 0 Å². The van der Waals surface area contributed by atoms with Crippen molar-refractivity contribution in [3.8, 4) is 5.75 Å². The molecule has 1 rings (SSSR count). The second-order valence-electron chi connectivity index (χ2n) is 3.64. The van der Waals surface area contributed by atoms with Crippen LogP contribution >= 0.6 is 0 Å². The van der Waals surface area contributed by atoms with Gasteiger partial charge in [0.1, 0.15) is 0 Å². The SMILES string of the molecule is CCC(CC)Oc1c(N)cccc1C(N)=O. The Labute approximate surface area is 95.6 Å². The third kappa shape index (κ3) is 2.66. The fraction of sp³-hybridized carbons (Fsp3) is 0.417. The lowest BCUT2D eigenvalue weighted by Gasteiger charge is -2.18. The highest BCUT2D eigenvalue weighted by Crippen LogP contribution is 2.28. The van der Waals surface area contributed by atoms with Crippen molar-refractivity contribution >= 4 is 11.6 Å². The Hall–Kier alpha value is -1.71. The van der Waals surface area contributed by atoms with Gasteiger partial charge in [0.15, 0.2) is 5.75 Å². The number of primary amides is 1. The van der Waals surface area contributed by atoms with Crippen molar-refractivity contribution in [2.75, 3.05) is 5.73 Å². The molecule has 0 saturated carbocycles. The Morgan fingerprint density at radius 1 is 1.38 bits per heavy atom. The zero-order valence-electron chi connectivity index (χ0n) is 9.69. The average molecular weight is 222 g/mol. The molecule has 1 aromatic carbocycles. The highest BCUT2D eigenvalue weighted by molar-refractivity contribution is 5.97. The number of carbonyl (C=O) groups is 1. The highest BCUT2D eigenvalue weighted by atomic mass is 16.5. The number of benzene rings is 1. The molecular formula is C12H18N2O2. The van der Waals surface area contributed by atoms with Crippen LogP contribution in [-0.4, -0.2) is 12.0 Å². The summed E-state index contributed by atoms with van der Waals surface area (Å²) >= 11 is 0. The van der Waals surface area contributed by atoms with Crippen molar-refractivity contribution in [2.24, 2.45) is 5.73 Å². The summed E-state index contributed by atoms with van der Waals surface area (Å²) < 4.78 is 5.71. The van der Waals surface area contributed by atoms with E-state index in [4.69, 9.17) is 16.2 Å². The van der Waals surface area contributed by atoms with Gasteiger partial charge in [-0.05, 0) is 25.0 Å². The van der Waals surface area contributed by atoms with Gasteiger partial charge in [0.2, 0.25) is 0 Å². The van der Waals surface area contributed by atoms with Gasteiger partial charge in [-0.1, -0.05) is 19.9 Å². The van der Waals surface area contributed by atoms with Crippen molar-refractivity contribution in [1.82, 2.24) is 0 Å². The minimum Gasteiger partial charge on any atom is -0.487 e. The first-order chi connectivity index (χ1) is 7.60. The predicted molar refractivity (Wildman–Crippen MR) is 64.4 cm³/mol. The third-order valence-electron chi connectivity index (χ3n) is 2.51. The van der Waals surface area contributed by atoms with Crippen LogP contribution in [0.5, 0.6) is 5.75 Å². The van der Waals surface area contributed by atoms with Crippen molar-refractivity contribution < 1.29 is 9.53 Å². The van der Waals surface area contributed by atoms with Crippen LogP contribution in [-0.2, 0) is 0 Å². The molecule has 0 aliphatic heterocycles. The summed E-state index contributed by atoms with van der Waals surface area (Å²) in [7, 11) is 0. The quantitative estimate of drug-likeness (QED) is 0.747. The Kier molecular flexibility index (Phi) is 4.17. The fourth-order valence-electron chi connectivity index (χ4n) is 1.50. The molecule has 1 amide bonds. The molecule has 4 N–H and O–H groups in total. The summed E-state index contributed by atoms with van der Waals surface area (Å²) in [5.41, 5.74) is 11.8. The lowest BCUT2D eigenvalue weighted by molar-refractivity contribution is 0.0992. The van der Waals surface area contributed by atoms with E-state index >= 15 is 0 Å². The molecule has 0 radical (unpaired) electrons. The van der Waals surface area contributed by atoms with Gasteiger partial charge in [-0.15, -0.1) is 0 Å². The lowest BCUT2D eigenvalue weighted by Crippen LogP contribution is -2.19. The van der Waals surface area contributed by atoms with Crippen molar-refractivity contribution in [1.29, 1.82) is 0 Å². The molecule has 0 spiro atoms. The van der Waals surface area contributed by atoms with Crippen molar-refractivity contribution in [3.63, 3.8) is 0 Å². The molecule has 0 aromatic heterocycles. The van der Waals surface area contributed by atoms with Crippen molar-refractivity contribution in [2.45, 2.75) is 32.8 Å². The summed E-state index contributed by atoms with van der Waals surface area (Å²) in [6.07, 6.45) is 1.79. The van der Waals surface area contributed by atoms with E-state index in [9.17, 15) is 4.79 Å². The first kappa shape index (κ1) is 12.4. The first-order valence-electron chi connectivity index (χ1n) is 5.45. The molecule has 0 unspecified atom stereocenters. The molecule has 0 aliphatic carbocycles. The molecule has 16 heavy (non-hydrogen) atoms. The van der Waals surface area contributed by atoms with E-state index in [1.807, 2.05) is 13.8 Å². The van der Waals surface area contributed by atoms with Crippen LogP contribution in [0.4, 0.5) is 5.69 Å². The number of rotatable bonds is 5. The van der Waals surface area contributed by atoms with E-state index in [0.29, 0.717) is 17.0 Å². The second-order valence-corrected chi connectivity index (χ2v) is 3.64. The number of anilines is 1. The minimum atomic E-state index is -0.520. The second kappa shape index (κ2) is 5.39. The maximum absolute atomic E-state index is 11.2. The summed E-state index contributed by atoms with van der Waals surface area (Å²) in [5.74, 6) is -0.114. The molecule has 0 fully saturated rings. The Bertz CT molecular complexity index is 373. The van der Waals surface area contributed by atoms with E-state index in [2.05, 4.69) is 0 Å². The number of nitrogen functional groups attached to an aromatic ring is 1. The van der Waals surface area contributed by atoms with Gasteiger partial charge in [-0.2, -0.15) is 0 Å². The van der Waals surface area contributed by atoms with Crippen LogP contribution in [0.1, 0.15) is 37.0 Å². The Morgan fingerprint density at radius 2 is 2.00 bits per heavy atom. The van der Waals surface area contributed by atoms with Crippen molar-refractivity contribution in [3.05, 3.63) is 23.8 Å². The van der Waals surface area contributed by atoms with Gasteiger partial charge in [0.05, 0.1) is 17.4 Å². The summed E-state index contributed by atoms with van der Waals surface area (Å²) in [4.78, 5) is 11.2. The molecule has 0 heterocycles. The fourth-order valence-corrected chi connectivity index (χ4v) is 1.50. The van der Waals surface area contributed by atoms with Crippen LogP contribution in [0.15, 0.2) is 18.2 Å². The number of hydrogen-bond acceptors (Lipinski definition) is 3. The van der Waals surface area contributed by atoms with Gasteiger partial charge < -0.3 is 16.2 Å². The largest absolute Gasteiger partial charge is 0.487 e. The van der Waals surface area contributed by atoms with Crippen LogP contribution < -0.4 is 16.2 Å². The zero-order valence-corrected chi connectivity index (χ0v) is 9.69.